The minimum Gasteiger partial charge on any atom is -0.388 e. The van der Waals surface area contributed by atoms with Crippen LogP contribution in [-0.4, -0.2) is 47.2 Å². The number of hydrogen-bond acceptors (Lipinski definition) is 4. The highest BCUT2D eigenvalue weighted by Gasteiger charge is 2.23. The van der Waals surface area contributed by atoms with Crippen LogP contribution in [-0.2, 0) is 4.79 Å². The zero-order chi connectivity index (χ0) is 14.2. The molecule has 106 valence electrons. The third-order valence-electron chi connectivity index (χ3n) is 2.65. The van der Waals surface area contributed by atoms with E-state index < -0.39 is 17.7 Å². The molecule has 0 saturated carbocycles. The van der Waals surface area contributed by atoms with E-state index >= 15 is 0 Å². The Bertz CT molecular complexity index is 285. The summed E-state index contributed by atoms with van der Waals surface area (Å²) in [4.78, 5) is 22.7. The lowest BCUT2D eigenvalue weighted by Gasteiger charge is -2.24. The van der Waals surface area contributed by atoms with Crippen molar-refractivity contribution in [2.24, 2.45) is 5.73 Å². The number of carbonyl (C=O) groups excluding carboxylic acids is 2. The van der Waals surface area contributed by atoms with Crippen molar-refractivity contribution in [2.45, 2.75) is 38.3 Å². The van der Waals surface area contributed by atoms with Crippen LogP contribution in [0.4, 0.5) is 4.79 Å². The van der Waals surface area contributed by atoms with E-state index in [0.717, 1.165) is 5.75 Å². The number of urea groups is 1. The Kier molecular flexibility index (Phi) is 7.77. The highest BCUT2D eigenvalue weighted by Crippen LogP contribution is 2.07. The number of carbonyl (C=O) groups is 2. The van der Waals surface area contributed by atoms with E-state index in [9.17, 15) is 14.7 Å². The van der Waals surface area contributed by atoms with Gasteiger partial charge in [0.25, 0.3) is 0 Å². The van der Waals surface area contributed by atoms with Gasteiger partial charge in [0.2, 0.25) is 5.91 Å². The lowest BCUT2D eigenvalue weighted by molar-refractivity contribution is -0.124. The SMILES string of the molecule is CCC(C)(O)CNC(=O)C(CCSC)NC(N)=O. The van der Waals surface area contributed by atoms with E-state index in [4.69, 9.17) is 5.73 Å². The Labute approximate surface area is 112 Å². The second-order valence-electron chi connectivity index (χ2n) is 4.41. The summed E-state index contributed by atoms with van der Waals surface area (Å²) in [5, 5.41) is 14.8. The molecule has 0 aliphatic rings. The third kappa shape index (κ3) is 7.39. The van der Waals surface area contributed by atoms with Gasteiger partial charge in [-0.15, -0.1) is 0 Å². The molecule has 2 atom stereocenters. The molecule has 0 fully saturated rings. The molecule has 5 N–H and O–H groups in total. The van der Waals surface area contributed by atoms with Crippen LogP contribution in [0.1, 0.15) is 26.7 Å². The van der Waals surface area contributed by atoms with Crippen molar-refractivity contribution in [3.8, 4) is 0 Å². The maximum absolute atomic E-state index is 11.8. The molecule has 0 heterocycles. The minimum absolute atomic E-state index is 0.151. The van der Waals surface area contributed by atoms with Gasteiger partial charge in [-0.05, 0) is 31.8 Å². The molecular weight excluding hydrogens is 254 g/mol. The first-order valence-corrected chi connectivity index (χ1v) is 7.26. The van der Waals surface area contributed by atoms with Crippen molar-refractivity contribution in [1.82, 2.24) is 10.6 Å². The second kappa shape index (κ2) is 8.20. The number of nitrogens with one attached hydrogen (secondary N) is 2. The highest BCUT2D eigenvalue weighted by atomic mass is 32.2. The van der Waals surface area contributed by atoms with Crippen molar-refractivity contribution in [1.29, 1.82) is 0 Å². The Morgan fingerprint density at radius 3 is 2.56 bits per heavy atom. The molecule has 0 aliphatic carbocycles. The standard InChI is InChI=1S/C11H23N3O3S/c1-4-11(2,17)7-13-9(15)8(5-6-18-3)14-10(12)16/h8,17H,4-7H2,1-3H3,(H,13,15)(H3,12,14,16). The molecule has 0 saturated heterocycles. The second-order valence-corrected chi connectivity index (χ2v) is 5.40. The summed E-state index contributed by atoms with van der Waals surface area (Å²) in [6.07, 6.45) is 2.96. The zero-order valence-electron chi connectivity index (χ0n) is 11.2. The summed E-state index contributed by atoms with van der Waals surface area (Å²) in [7, 11) is 0. The fourth-order valence-corrected chi connectivity index (χ4v) is 1.67. The summed E-state index contributed by atoms with van der Waals surface area (Å²) in [5.41, 5.74) is 4.09. The Morgan fingerprint density at radius 2 is 2.11 bits per heavy atom. The van der Waals surface area contributed by atoms with Crippen LogP contribution < -0.4 is 16.4 Å². The van der Waals surface area contributed by atoms with E-state index in [1.807, 2.05) is 13.2 Å². The van der Waals surface area contributed by atoms with Gasteiger partial charge in [0.15, 0.2) is 0 Å². The van der Waals surface area contributed by atoms with Crippen LogP contribution in [0.2, 0.25) is 0 Å². The predicted molar refractivity (Wildman–Crippen MR) is 73.4 cm³/mol. The van der Waals surface area contributed by atoms with E-state index in [2.05, 4.69) is 10.6 Å². The molecule has 2 unspecified atom stereocenters. The van der Waals surface area contributed by atoms with Crippen molar-refractivity contribution >= 4 is 23.7 Å². The molecule has 0 rings (SSSR count). The maximum Gasteiger partial charge on any atom is 0.312 e. The molecule has 0 radical (unpaired) electrons. The maximum atomic E-state index is 11.8. The molecule has 0 aliphatic heterocycles. The van der Waals surface area contributed by atoms with Gasteiger partial charge < -0.3 is 21.5 Å². The zero-order valence-corrected chi connectivity index (χ0v) is 12.0. The fourth-order valence-electron chi connectivity index (χ4n) is 1.20. The van der Waals surface area contributed by atoms with Gasteiger partial charge in [-0.1, -0.05) is 6.92 Å². The normalized spacial score (nSPS) is 15.6. The predicted octanol–water partition coefficient (Wildman–Crippen LogP) is 0.0536. The minimum atomic E-state index is -0.938. The number of hydrogen-bond donors (Lipinski definition) is 4. The van der Waals surface area contributed by atoms with Gasteiger partial charge in [0.1, 0.15) is 6.04 Å². The van der Waals surface area contributed by atoms with Crippen LogP contribution in [0.25, 0.3) is 0 Å². The summed E-state index contributed by atoms with van der Waals surface area (Å²) in [5.74, 6) is 0.416. The van der Waals surface area contributed by atoms with E-state index in [0.29, 0.717) is 12.8 Å². The van der Waals surface area contributed by atoms with E-state index in [-0.39, 0.29) is 12.5 Å². The molecular formula is C11H23N3O3S. The number of aliphatic hydroxyl groups is 1. The largest absolute Gasteiger partial charge is 0.388 e. The van der Waals surface area contributed by atoms with Crippen LogP contribution in [0.15, 0.2) is 0 Å². The molecule has 3 amide bonds. The first-order chi connectivity index (χ1) is 8.32. The fraction of sp³-hybridized carbons (Fsp3) is 0.818. The first kappa shape index (κ1) is 17.1. The average molecular weight is 277 g/mol. The Balaban J connectivity index is 4.32. The van der Waals surface area contributed by atoms with Crippen LogP contribution in [0.5, 0.6) is 0 Å². The number of primary amides is 1. The van der Waals surface area contributed by atoms with Gasteiger partial charge in [-0.2, -0.15) is 11.8 Å². The monoisotopic (exact) mass is 277 g/mol. The summed E-state index contributed by atoms with van der Waals surface area (Å²) >= 11 is 1.58. The Morgan fingerprint density at radius 1 is 1.50 bits per heavy atom. The molecule has 0 bridgehead atoms. The van der Waals surface area contributed by atoms with Crippen molar-refractivity contribution in [2.75, 3.05) is 18.6 Å². The van der Waals surface area contributed by atoms with Gasteiger partial charge in [-0.25, -0.2) is 4.79 Å². The van der Waals surface area contributed by atoms with Crippen molar-refractivity contribution in [3.05, 3.63) is 0 Å². The number of thioether (sulfide) groups is 1. The highest BCUT2D eigenvalue weighted by molar-refractivity contribution is 7.98. The molecule has 7 heteroatoms. The summed E-state index contributed by atoms with van der Waals surface area (Å²) in [6.45, 7) is 3.63. The molecule has 0 aromatic carbocycles. The van der Waals surface area contributed by atoms with Gasteiger partial charge in [0, 0.05) is 6.54 Å². The smallest absolute Gasteiger partial charge is 0.312 e. The molecule has 18 heavy (non-hydrogen) atoms. The molecule has 0 aromatic heterocycles. The van der Waals surface area contributed by atoms with E-state index in [1.54, 1.807) is 18.7 Å². The molecule has 6 nitrogen and oxygen atoms in total. The van der Waals surface area contributed by atoms with Gasteiger partial charge >= 0.3 is 6.03 Å². The number of nitrogens with two attached hydrogens (primary N) is 1. The average Bonchev–Trinajstić information content (AvgIpc) is 2.31. The lowest BCUT2D eigenvalue weighted by atomic mass is 10.0. The van der Waals surface area contributed by atoms with E-state index in [1.165, 1.54) is 0 Å². The quantitative estimate of drug-likeness (QED) is 0.503. The molecule has 0 spiro atoms. The first-order valence-electron chi connectivity index (χ1n) is 5.87. The number of rotatable bonds is 8. The summed E-state index contributed by atoms with van der Waals surface area (Å²) < 4.78 is 0. The van der Waals surface area contributed by atoms with Gasteiger partial charge in [-0.3, -0.25) is 4.79 Å². The van der Waals surface area contributed by atoms with Crippen LogP contribution in [0, 0.1) is 0 Å². The van der Waals surface area contributed by atoms with Crippen molar-refractivity contribution in [3.63, 3.8) is 0 Å². The third-order valence-corrected chi connectivity index (χ3v) is 3.29. The van der Waals surface area contributed by atoms with Crippen molar-refractivity contribution < 1.29 is 14.7 Å². The lowest BCUT2D eigenvalue weighted by Crippen LogP contribution is -2.51. The Hall–Kier alpha value is -0.950. The van der Waals surface area contributed by atoms with Crippen LogP contribution in [0.3, 0.4) is 0 Å². The molecule has 0 aromatic rings. The van der Waals surface area contributed by atoms with Crippen LogP contribution >= 0.6 is 11.8 Å². The van der Waals surface area contributed by atoms with Gasteiger partial charge in [0.05, 0.1) is 5.60 Å². The topological polar surface area (TPSA) is 104 Å². The summed E-state index contributed by atoms with van der Waals surface area (Å²) in [6, 6.07) is -1.37. The number of amides is 3.